The lowest BCUT2D eigenvalue weighted by molar-refractivity contribution is 0.248. The van der Waals surface area contributed by atoms with Crippen LogP contribution in [0.5, 0.6) is 5.75 Å². The first kappa shape index (κ1) is 13.2. The SMILES string of the molecule is Ic1ccccc1OCc1cc(-c2ccccc2)no1. The van der Waals surface area contributed by atoms with Crippen molar-refractivity contribution in [3.8, 4) is 17.0 Å². The molecule has 3 nitrogen and oxygen atoms in total. The topological polar surface area (TPSA) is 35.3 Å². The molecule has 0 unspecified atom stereocenters. The van der Waals surface area contributed by atoms with E-state index in [-0.39, 0.29) is 0 Å². The van der Waals surface area contributed by atoms with Crippen LogP contribution in [0.25, 0.3) is 11.3 Å². The Bertz CT molecular complexity index is 694. The summed E-state index contributed by atoms with van der Waals surface area (Å²) in [5, 5.41) is 4.06. The van der Waals surface area contributed by atoms with Crippen LogP contribution in [0.4, 0.5) is 0 Å². The molecule has 0 N–H and O–H groups in total. The Hall–Kier alpha value is -1.82. The van der Waals surface area contributed by atoms with E-state index in [1.54, 1.807) is 0 Å². The Morgan fingerprint density at radius 2 is 1.75 bits per heavy atom. The van der Waals surface area contributed by atoms with E-state index in [9.17, 15) is 0 Å². The molecule has 0 aliphatic carbocycles. The minimum Gasteiger partial charge on any atom is -0.484 e. The van der Waals surface area contributed by atoms with Crippen molar-refractivity contribution in [2.24, 2.45) is 0 Å². The standard InChI is InChI=1S/C16H12INO2/c17-14-8-4-5-9-16(14)19-11-13-10-15(18-20-13)12-6-2-1-3-7-12/h1-10H,11H2. The molecule has 0 radical (unpaired) electrons. The van der Waals surface area contributed by atoms with Crippen LogP contribution in [0.3, 0.4) is 0 Å². The molecule has 0 saturated heterocycles. The second-order valence-electron chi connectivity index (χ2n) is 4.26. The van der Waals surface area contributed by atoms with Gasteiger partial charge >= 0.3 is 0 Å². The fourth-order valence-corrected chi connectivity index (χ4v) is 2.38. The molecule has 4 heteroatoms. The Kier molecular flexibility index (Phi) is 4.01. The molecule has 0 atom stereocenters. The maximum atomic E-state index is 5.73. The summed E-state index contributed by atoms with van der Waals surface area (Å²) in [4.78, 5) is 0. The van der Waals surface area contributed by atoms with Crippen molar-refractivity contribution >= 4 is 22.6 Å². The van der Waals surface area contributed by atoms with E-state index in [0.29, 0.717) is 12.4 Å². The van der Waals surface area contributed by atoms with E-state index >= 15 is 0 Å². The Morgan fingerprint density at radius 1 is 1.00 bits per heavy atom. The van der Waals surface area contributed by atoms with Gasteiger partial charge in [0.05, 0.1) is 3.57 Å². The van der Waals surface area contributed by atoms with Crippen LogP contribution in [0.2, 0.25) is 0 Å². The van der Waals surface area contributed by atoms with E-state index in [4.69, 9.17) is 9.26 Å². The van der Waals surface area contributed by atoms with Gasteiger partial charge in [0.1, 0.15) is 18.1 Å². The number of para-hydroxylation sites is 1. The number of hydrogen-bond donors (Lipinski definition) is 0. The molecule has 0 saturated carbocycles. The molecular weight excluding hydrogens is 365 g/mol. The van der Waals surface area contributed by atoms with Crippen molar-refractivity contribution in [2.45, 2.75) is 6.61 Å². The lowest BCUT2D eigenvalue weighted by Crippen LogP contribution is -1.95. The van der Waals surface area contributed by atoms with Gasteiger partial charge in [-0.05, 0) is 34.7 Å². The summed E-state index contributed by atoms with van der Waals surface area (Å²) in [6.45, 7) is 0.375. The highest BCUT2D eigenvalue weighted by atomic mass is 127. The van der Waals surface area contributed by atoms with Crippen LogP contribution < -0.4 is 4.74 Å². The predicted octanol–water partition coefficient (Wildman–Crippen LogP) is 4.53. The van der Waals surface area contributed by atoms with Gasteiger partial charge in [-0.2, -0.15) is 0 Å². The lowest BCUT2D eigenvalue weighted by Gasteiger charge is -2.04. The predicted molar refractivity (Wildman–Crippen MR) is 85.4 cm³/mol. The normalized spacial score (nSPS) is 10.4. The molecule has 100 valence electrons. The molecule has 0 amide bonds. The maximum absolute atomic E-state index is 5.73. The molecule has 0 bridgehead atoms. The summed E-state index contributed by atoms with van der Waals surface area (Å²) in [6, 6.07) is 19.7. The van der Waals surface area contributed by atoms with Crippen molar-refractivity contribution in [3.05, 3.63) is 70.0 Å². The van der Waals surface area contributed by atoms with Crippen LogP contribution in [0.15, 0.2) is 65.2 Å². The van der Waals surface area contributed by atoms with Crippen molar-refractivity contribution in [1.29, 1.82) is 0 Å². The number of halogens is 1. The fourth-order valence-electron chi connectivity index (χ4n) is 1.84. The highest BCUT2D eigenvalue weighted by Crippen LogP contribution is 2.22. The van der Waals surface area contributed by atoms with Crippen LogP contribution in [-0.4, -0.2) is 5.16 Å². The summed E-state index contributed by atoms with van der Waals surface area (Å²) in [7, 11) is 0. The third kappa shape index (κ3) is 3.01. The molecule has 0 aliphatic heterocycles. The second-order valence-corrected chi connectivity index (χ2v) is 5.43. The van der Waals surface area contributed by atoms with Crippen molar-refractivity contribution in [3.63, 3.8) is 0 Å². The van der Waals surface area contributed by atoms with Crippen molar-refractivity contribution in [1.82, 2.24) is 5.16 Å². The summed E-state index contributed by atoms with van der Waals surface area (Å²) in [5.41, 5.74) is 1.86. The van der Waals surface area contributed by atoms with Gasteiger partial charge in [-0.15, -0.1) is 0 Å². The van der Waals surface area contributed by atoms with Gasteiger partial charge in [-0.25, -0.2) is 0 Å². The highest BCUT2D eigenvalue weighted by Gasteiger charge is 2.07. The van der Waals surface area contributed by atoms with Crippen LogP contribution in [0.1, 0.15) is 5.76 Å². The average Bonchev–Trinajstić information content (AvgIpc) is 2.96. The summed E-state index contributed by atoms with van der Waals surface area (Å²) >= 11 is 2.25. The monoisotopic (exact) mass is 377 g/mol. The molecule has 20 heavy (non-hydrogen) atoms. The Labute approximate surface area is 130 Å². The smallest absolute Gasteiger partial charge is 0.174 e. The Balaban J connectivity index is 1.71. The van der Waals surface area contributed by atoms with E-state index in [0.717, 1.165) is 20.6 Å². The summed E-state index contributed by atoms with van der Waals surface area (Å²) < 4.78 is 12.1. The molecule has 0 spiro atoms. The fraction of sp³-hybridized carbons (Fsp3) is 0.0625. The zero-order valence-electron chi connectivity index (χ0n) is 10.6. The minimum atomic E-state index is 0.375. The van der Waals surface area contributed by atoms with Crippen molar-refractivity contribution < 1.29 is 9.26 Å². The third-order valence-electron chi connectivity index (χ3n) is 2.84. The summed E-state index contributed by atoms with van der Waals surface area (Å²) in [5.74, 6) is 1.56. The molecule has 3 aromatic rings. The van der Waals surface area contributed by atoms with Crippen LogP contribution in [-0.2, 0) is 6.61 Å². The Morgan fingerprint density at radius 3 is 2.55 bits per heavy atom. The first-order chi connectivity index (χ1) is 9.83. The largest absolute Gasteiger partial charge is 0.484 e. The lowest BCUT2D eigenvalue weighted by atomic mass is 10.1. The summed E-state index contributed by atoms with van der Waals surface area (Å²) in [6.07, 6.45) is 0. The van der Waals surface area contributed by atoms with Crippen LogP contribution in [0, 0.1) is 3.57 Å². The molecule has 0 aliphatic rings. The molecular formula is C16H12INO2. The number of aromatic nitrogens is 1. The minimum absolute atomic E-state index is 0.375. The van der Waals surface area contributed by atoms with Gasteiger partial charge in [-0.3, -0.25) is 0 Å². The molecule has 1 heterocycles. The number of benzene rings is 2. The highest BCUT2D eigenvalue weighted by molar-refractivity contribution is 14.1. The molecule has 3 rings (SSSR count). The van der Waals surface area contributed by atoms with Gasteiger partial charge in [-0.1, -0.05) is 47.6 Å². The third-order valence-corrected chi connectivity index (χ3v) is 3.73. The van der Waals surface area contributed by atoms with Gasteiger partial charge in [0.25, 0.3) is 0 Å². The second kappa shape index (κ2) is 6.09. The molecule has 2 aromatic carbocycles. The first-order valence-electron chi connectivity index (χ1n) is 6.21. The van der Waals surface area contributed by atoms with Gasteiger partial charge < -0.3 is 9.26 Å². The zero-order chi connectivity index (χ0) is 13.8. The number of rotatable bonds is 4. The maximum Gasteiger partial charge on any atom is 0.174 e. The van der Waals surface area contributed by atoms with Crippen LogP contribution >= 0.6 is 22.6 Å². The van der Waals surface area contributed by atoms with E-state index in [2.05, 4.69) is 27.7 Å². The van der Waals surface area contributed by atoms with E-state index < -0.39 is 0 Å². The zero-order valence-corrected chi connectivity index (χ0v) is 12.8. The first-order valence-corrected chi connectivity index (χ1v) is 7.29. The van der Waals surface area contributed by atoms with Gasteiger partial charge in [0.15, 0.2) is 5.76 Å². The van der Waals surface area contributed by atoms with Gasteiger partial charge in [0.2, 0.25) is 0 Å². The van der Waals surface area contributed by atoms with Crippen molar-refractivity contribution in [2.75, 3.05) is 0 Å². The number of nitrogens with zero attached hydrogens (tertiary/aromatic N) is 1. The van der Waals surface area contributed by atoms with Gasteiger partial charge in [0, 0.05) is 11.6 Å². The van der Waals surface area contributed by atoms with E-state index in [1.807, 2.05) is 60.7 Å². The average molecular weight is 377 g/mol. The van der Waals surface area contributed by atoms with E-state index in [1.165, 1.54) is 0 Å². The molecule has 0 fully saturated rings. The number of hydrogen-bond acceptors (Lipinski definition) is 3. The quantitative estimate of drug-likeness (QED) is 0.627. The molecule has 1 aromatic heterocycles. The number of ether oxygens (including phenoxy) is 1.